The number of aromatic amines is 2. The van der Waals surface area contributed by atoms with E-state index < -0.39 is 17.2 Å². The normalized spacial score (nSPS) is 12.6. The van der Waals surface area contributed by atoms with Gasteiger partial charge in [0.2, 0.25) is 0 Å². The lowest BCUT2D eigenvalue weighted by atomic mass is 10.1. The molecule has 3 rings (SSSR count). The van der Waals surface area contributed by atoms with Gasteiger partial charge in [0.1, 0.15) is 11.3 Å². The molecular formula is C28H42N4O5. The quantitative estimate of drug-likeness (QED) is 0.255. The Hall–Kier alpha value is -3.88. The molecule has 0 saturated carbocycles. The van der Waals surface area contributed by atoms with Crippen LogP contribution in [0.4, 0.5) is 0 Å². The van der Waals surface area contributed by atoms with E-state index in [0.29, 0.717) is 5.57 Å². The van der Waals surface area contributed by atoms with Crippen LogP contribution in [0, 0.1) is 0 Å². The number of hydrogen-bond acceptors (Lipinski definition) is 5. The Bertz CT molecular complexity index is 1140. The van der Waals surface area contributed by atoms with Crippen molar-refractivity contribution in [3.8, 4) is 5.75 Å². The lowest BCUT2D eigenvalue weighted by Crippen LogP contribution is -2.52. The van der Waals surface area contributed by atoms with Crippen molar-refractivity contribution in [2.45, 2.75) is 48.0 Å². The number of nitrogens with zero attached hydrogens (tertiary/aromatic N) is 2. The Morgan fingerprint density at radius 3 is 1.92 bits per heavy atom. The largest absolute Gasteiger partial charge is 0.494 e. The van der Waals surface area contributed by atoms with E-state index in [-0.39, 0.29) is 54.3 Å². The molecule has 0 bridgehead atoms. The second kappa shape index (κ2) is 17.5. The molecule has 2 N–H and O–H groups in total. The van der Waals surface area contributed by atoms with Crippen LogP contribution in [-0.4, -0.2) is 70.7 Å². The van der Waals surface area contributed by atoms with Crippen molar-refractivity contribution in [3.63, 3.8) is 0 Å². The Morgan fingerprint density at radius 1 is 0.946 bits per heavy atom. The molecule has 204 valence electrons. The molecule has 2 amide bonds. The lowest BCUT2D eigenvalue weighted by molar-refractivity contribution is -0.134. The summed E-state index contributed by atoms with van der Waals surface area (Å²) in [6.45, 7) is 20.5. The van der Waals surface area contributed by atoms with Crippen LogP contribution in [0.5, 0.6) is 5.75 Å². The van der Waals surface area contributed by atoms with Gasteiger partial charge in [-0.25, -0.2) is 0 Å². The summed E-state index contributed by atoms with van der Waals surface area (Å²) in [4.78, 5) is 58.3. The number of hydrogen-bond donors (Lipinski definition) is 2. The van der Waals surface area contributed by atoms with E-state index in [0.717, 1.165) is 0 Å². The molecule has 1 saturated heterocycles. The van der Waals surface area contributed by atoms with Crippen molar-refractivity contribution >= 4 is 28.5 Å². The highest BCUT2D eigenvalue weighted by atomic mass is 16.5. The zero-order valence-electron chi connectivity index (χ0n) is 23.3. The number of aromatic nitrogens is 2. The fourth-order valence-corrected chi connectivity index (χ4v) is 3.38. The van der Waals surface area contributed by atoms with Crippen LogP contribution in [0.1, 0.15) is 58.3 Å². The maximum absolute atomic E-state index is 12.9. The van der Waals surface area contributed by atoms with Gasteiger partial charge in [0, 0.05) is 44.1 Å². The first-order valence-electron chi connectivity index (χ1n) is 12.7. The average molecular weight is 515 g/mol. The second-order valence-electron chi connectivity index (χ2n) is 7.32. The molecule has 3 heterocycles. The smallest absolute Gasteiger partial charge is 0.295 e. The van der Waals surface area contributed by atoms with Crippen molar-refractivity contribution in [1.82, 2.24) is 19.8 Å². The predicted octanol–water partition coefficient (Wildman–Crippen LogP) is 4.49. The van der Waals surface area contributed by atoms with Gasteiger partial charge < -0.3 is 24.5 Å². The summed E-state index contributed by atoms with van der Waals surface area (Å²) < 4.78 is 5.22. The summed E-state index contributed by atoms with van der Waals surface area (Å²) in [5, 5.41) is 0.263. The first kappa shape index (κ1) is 33.1. The van der Waals surface area contributed by atoms with E-state index in [1.165, 1.54) is 43.0 Å². The van der Waals surface area contributed by atoms with Gasteiger partial charge in [-0.05, 0) is 0 Å². The van der Waals surface area contributed by atoms with Gasteiger partial charge in [-0.15, -0.1) is 0 Å². The maximum Gasteiger partial charge on any atom is 0.295 e. The first-order valence-corrected chi connectivity index (χ1v) is 12.7. The Balaban J connectivity index is 0.00000169. The minimum Gasteiger partial charge on any atom is -0.494 e. The molecule has 1 fully saturated rings. The molecule has 2 aromatic heterocycles. The molecule has 1 aliphatic heterocycles. The van der Waals surface area contributed by atoms with Crippen LogP contribution in [0.25, 0.3) is 10.9 Å². The van der Waals surface area contributed by atoms with Crippen LogP contribution < -0.4 is 10.3 Å². The third-order valence-corrected chi connectivity index (χ3v) is 4.97. The topological polar surface area (TPSA) is 116 Å². The van der Waals surface area contributed by atoms with E-state index >= 15 is 0 Å². The number of nitrogens with one attached hydrogen (secondary N) is 2. The first-order chi connectivity index (χ1) is 17.8. The molecule has 9 nitrogen and oxygen atoms in total. The number of carbonyl (C=O) groups is 3. The summed E-state index contributed by atoms with van der Waals surface area (Å²) >= 11 is 0. The number of methoxy groups -OCH3 is 1. The number of rotatable bonds is 6. The number of ketones is 1. The molecule has 0 spiro atoms. The van der Waals surface area contributed by atoms with Gasteiger partial charge in [-0.2, -0.15) is 0 Å². The van der Waals surface area contributed by atoms with E-state index in [1.54, 1.807) is 11.0 Å². The van der Waals surface area contributed by atoms with Crippen molar-refractivity contribution in [2.75, 3.05) is 33.3 Å². The summed E-state index contributed by atoms with van der Waals surface area (Å²) in [6, 6.07) is 0. The standard InChI is InChI=1S/C21H22N4O5.C3H8.2C2H6/c1-4-6-13(5-2)20(28)24-7-9-25(10-8-24)21(29)18(26)14-11-22-17-16(14)15(30-3)12-23-19(17)27;1-3-2;2*1-2/h4-6,11-12,22H,1-2,7-10H2,3H3,(H,23,27);3H2,1-2H3;2*1-2H3/b13-6+;;;. The van der Waals surface area contributed by atoms with Crippen molar-refractivity contribution in [3.05, 3.63) is 65.3 Å². The molecule has 0 aromatic carbocycles. The molecule has 9 heteroatoms. The second-order valence-corrected chi connectivity index (χ2v) is 7.32. The zero-order chi connectivity index (χ0) is 28.5. The fraction of sp³-hybridized carbons (Fsp3) is 0.429. The average Bonchev–Trinajstić information content (AvgIpc) is 3.40. The third kappa shape index (κ3) is 8.34. The molecule has 1 aliphatic rings. The Labute approximate surface area is 219 Å². The van der Waals surface area contributed by atoms with Gasteiger partial charge in [-0.1, -0.05) is 79.3 Å². The maximum atomic E-state index is 12.9. The molecule has 2 aromatic rings. The Morgan fingerprint density at radius 2 is 1.46 bits per heavy atom. The van der Waals surface area contributed by atoms with Gasteiger partial charge in [-0.3, -0.25) is 19.2 Å². The zero-order valence-corrected chi connectivity index (χ0v) is 23.3. The number of allylic oxidation sites excluding steroid dienone is 2. The number of amides is 2. The van der Waals surface area contributed by atoms with Gasteiger partial charge in [0.25, 0.3) is 23.2 Å². The monoisotopic (exact) mass is 514 g/mol. The number of piperazine rings is 1. The predicted molar refractivity (Wildman–Crippen MR) is 150 cm³/mol. The van der Waals surface area contributed by atoms with E-state index in [9.17, 15) is 19.2 Å². The highest BCUT2D eigenvalue weighted by Gasteiger charge is 2.31. The van der Waals surface area contributed by atoms with Gasteiger partial charge >= 0.3 is 0 Å². The van der Waals surface area contributed by atoms with Crippen LogP contribution in [0.3, 0.4) is 0 Å². The number of fused-ring (bicyclic) bond motifs is 1. The van der Waals surface area contributed by atoms with Gasteiger partial charge in [0.15, 0.2) is 0 Å². The molecule has 0 atom stereocenters. The highest BCUT2D eigenvalue weighted by molar-refractivity contribution is 6.45. The van der Waals surface area contributed by atoms with Crippen LogP contribution in [0.2, 0.25) is 0 Å². The molecular weight excluding hydrogens is 472 g/mol. The minimum absolute atomic E-state index is 0.0688. The van der Waals surface area contributed by atoms with E-state index in [2.05, 4.69) is 37.0 Å². The molecule has 0 radical (unpaired) electrons. The third-order valence-electron chi connectivity index (χ3n) is 4.97. The van der Waals surface area contributed by atoms with E-state index in [1.807, 2.05) is 27.7 Å². The number of carbonyl (C=O) groups excluding carboxylic acids is 3. The summed E-state index contributed by atoms with van der Waals surface area (Å²) in [7, 11) is 1.41. The highest BCUT2D eigenvalue weighted by Crippen LogP contribution is 2.26. The van der Waals surface area contributed by atoms with Gasteiger partial charge in [0.05, 0.1) is 18.1 Å². The number of H-pyrrole nitrogens is 2. The molecule has 0 aliphatic carbocycles. The van der Waals surface area contributed by atoms with Crippen LogP contribution in [0.15, 0.2) is 54.1 Å². The summed E-state index contributed by atoms with van der Waals surface area (Å²) in [5.74, 6) is -1.37. The number of Topliss-reactive ketones (excluding diaryl/α,β-unsaturated/α-hetero) is 1. The minimum atomic E-state index is -0.747. The summed E-state index contributed by atoms with van der Waals surface area (Å²) in [6.07, 6.45) is 8.46. The van der Waals surface area contributed by atoms with Crippen molar-refractivity contribution in [1.29, 1.82) is 0 Å². The molecule has 37 heavy (non-hydrogen) atoms. The van der Waals surface area contributed by atoms with E-state index in [4.69, 9.17) is 4.74 Å². The van der Waals surface area contributed by atoms with Crippen LogP contribution >= 0.6 is 0 Å². The number of pyridine rings is 1. The fourth-order valence-electron chi connectivity index (χ4n) is 3.38. The molecule has 0 unspecified atom stereocenters. The lowest BCUT2D eigenvalue weighted by Gasteiger charge is -2.34. The summed E-state index contributed by atoms with van der Waals surface area (Å²) in [5.41, 5.74) is 0.221. The van der Waals surface area contributed by atoms with Crippen LogP contribution in [-0.2, 0) is 9.59 Å². The Kier molecular flexibility index (Phi) is 15.7. The van der Waals surface area contributed by atoms with Crippen molar-refractivity contribution < 1.29 is 19.1 Å². The number of ether oxygens (including phenoxy) is 1. The van der Waals surface area contributed by atoms with Crippen molar-refractivity contribution in [2.24, 2.45) is 0 Å². The SMILES string of the molecule is C=C/C=C(\C=C)C(=O)N1CCN(C(=O)C(=O)c2c[nH]c3c(=O)[nH]cc(OC)c23)CC1.CC.CC.CCC.